The first-order valence-electron chi connectivity index (χ1n) is 14.6. The number of nitrogens with two attached hydrogens (primary N) is 1. The summed E-state index contributed by atoms with van der Waals surface area (Å²) in [5.41, 5.74) is 9.09. The summed E-state index contributed by atoms with van der Waals surface area (Å²) in [6.45, 7) is 7.90. The van der Waals surface area contributed by atoms with Crippen molar-refractivity contribution in [1.29, 1.82) is 0 Å². The Kier molecular flexibility index (Phi) is 8.31. The number of primary amides is 1. The largest absolute Gasteiger partial charge is 0.470 e. The summed E-state index contributed by atoms with van der Waals surface area (Å²) in [6, 6.07) is 18.5. The van der Waals surface area contributed by atoms with Gasteiger partial charge in [0.05, 0.1) is 13.2 Å². The Labute approximate surface area is 241 Å². The van der Waals surface area contributed by atoms with E-state index in [0.717, 1.165) is 43.9 Å². The maximum atomic E-state index is 12.5. The highest BCUT2D eigenvalue weighted by atomic mass is 16.5. The first kappa shape index (κ1) is 27.4. The third-order valence-electron chi connectivity index (χ3n) is 8.32. The summed E-state index contributed by atoms with van der Waals surface area (Å²) in [5, 5.41) is 3.27. The first-order valence-corrected chi connectivity index (χ1v) is 14.6. The molecule has 0 aliphatic carbocycles. The van der Waals surface area contributed by atoms with Gasteiger partial charge in [-0.3, -0.25) is 9.69 Å². The molecule has 0 radical (unpaired) electrons. The maximum Gasteiger partial charge on any atom is 0.271 e. The van der Waals surface area contributed by atoms with Crippen molar-refractivity contribution < 1.29 is 14.3 Å². The molecule has 4 heterocycles. The molecule has 0 spiro atoms. The minimum absolute atomic E-state index is 0.0638. The number of ether oxygens (including phenoxy) is 2. The Balaban J connectivity index is 1.18. The minimum Gasteiger partial charge on any atom is -0.470 e. The molecule has 0 bridgehead atoms. The second-order valence-electron chi connectivity index (χ2n) is 11.1. The van der Waals surface area contributed by atoms with E-state index >= 15 is 0 Å². The predicted molar refractivity (Wildman–Crippen MR) is 160 cm³/mol. The molecule has 1 atom stereocenters. The van der Waals surface area contributed by atoms with Crippen LogP contribution in [0.15, 0.2) is 54.6 Å². The lowest BCUT2D eigenvalue weighted by atomic mass is 10.0. The van der Waals surface area contributed by atoms with Crippen LogP contribution in [0, 0.1) is 0 Å². The SMILES string of the molecule is CN1CCN(C2CCN(c3ccc(Nc4nc(O[C@@H]5CCOC5)c(-c5ccccc5)nc4C(N)=O)cc3)CC2)CC1. The van der Waals surface area contributed by atoms with Crippen LogP contribution in [0.2, 0.25) is 0 Å². The molecule has 0 saturated carbocycles. The number of amides is 1. The molecular formula is C31H39N7O3. The summed E-state index contributed by atoms with van der Waals surface area (Å²) in [4.78, 5) is 29.4. The highest BCUT2D eigenvalue weighted by Crippen LogP contribution is 2.32. The molecule has 216 valence electrons. The Morgan fingerprint density at radius 2 is 1.68 bits per heavy atom. The van der Waals surface area contributed by atoms with E-state index in [0.29, 0.717) is 30.8 Å². The quantitative estimate of drug-likeness (QED) is 0.431. The van der Waals surface area contributed by atoms with E-state index in [1.807, 2.05) is 42.5 Å². The number of nitrogens with zero attached hydrogens (tertiary/aromatic N) is 5. The van der Waals surface area contributed by atoms with Crippen molar-refractivity contribution in [1.82, 2.24) is 19.8 Å². The van der Waals surface area contributed by atoms with Crippen LogP contribution in [-0.2, 0) is 4.74 Å². The number of aromatic nitrogens is 2. The molecule has 10 nitrogen and oxygen atoms in total. The molecule has 3 aliphatic rings. The fourth-order valence-electron chi connectivity index (χ4n) is 5.88. The number of likely N-dealkylation sites (N-methyl/N-ethyl adjacent to an activating group) is 1. The highest BCUT2D eigenvalue weighted by molar-refractivity contribution is 5.97. The lowest BCUT2D eigenvalue weighted by Crippen LogP contribution is -2.52. The fraction of sp³-hybridized carbons (Fsp3) is 0.452. The zero-order valence-electron chi connectivity index (χ0n) is 23.7. The average Bonchev–Trinajstić information content (AvgIpc) is 3.52. The third-order valence-corrected chi connectivity index (χ3v) is 8.32. The van der Waals surface area contributed by atoms with Gasteiger partial charge in [-0.1, -0.05) is 30.3 Å². The maximum absolute atomic E-state index is 12.5. The second-order valence-corrected chi connectivity index (χ2v) is 11.1. The average molecular weight is 558 g/mol. The van der Waals surface area contributed by atoms with Gasteiger partial charge < -0.3 is 30.3 Å². The Morgan fingerprint density at radius 1 is 0.951 bits per heavy atom. The first-order chi connectivity index (χ1) is 20.0. The van der Waals surface area contributed by atoms with Crippen molar-refractivity contribution >= 4 is 23.1 Å². The van der Waals surface area contributed by atoms with E-state index in [2.05, 4.69) is 44.2 Å². The molecule has 0 unspecified atom stereocenters. The van der Waals surface area contributed by atoms with Crippen molar-refractivity contribution in [3.8, 4) is 17.1 Å². The van der Waals surface area contributed by atoms with Gasteiger partial charge in [-0.15, -0.1) is 0 Å². The monoisotopic (exact) mass is 557 g/mol. The van der Waals surface area contributed by atoms with Crippen LogP contribution in [0.25, 0.3) is 11.3 Å². The van der Waals surface area contributed by atoms with Gasteiger partial charge in [0.15, 0.2) is 11.5 Å². The second kappa shape index (κ2) is 12.4. The van der Waals surface area contributed by atoms with Gasteiger partial charge >= 0.3 is 0 Å². The van der Waals surface area contributed by atoms with Crippen molar-refractivity contribution in [2.24, 2.45) is 5.73 Å². The molecule has 10 heteroatoms. The van der Waals surface area contributed by atoms with Crippen molar-refractivity contribution in [3.05, 3.63) is 60.3 Å². The van der Waals surface area contributed by atoms with E-state index in [9.17, 15) is 4.79 Å². The minimum atomic E-state index is -0.659. The van der Waals surface area contributed by atoms with Crippen LogP contribution in [-0.4, -0.2) is 97.4 Å². The van der Waals surface area contributed by atoms with E-state index in [1.54, 1.807) is 0 Å². The number of anilines is 3. The van der Waals surface area contributed by atoms with Crippen LogP contribution in [0.1, 0.15) is 29.8 Å². The highest BCUT2D eigenvalue weighted by Gasteiger charge is 2.27. The zero-order chi connectivity index (χ0) is 28.2. The van der Waals surface area contributed by atoms with E-state index < -0.39 is 5.91 Å². The molecule has 6 rings (SSSR count). The summed E-state index contributed by atoms with van der Waals surface area (Å²) in [6.07, 6.45) is 3.01. The van der Waals surface area contributed by atoms with Gasteiger partial charge in [-0.05, 0) is 44.2 Å². The molecule has 3 N–H and O–H groups in total. The van der Waals surface area contributed by atoms with Gasteiger partial charge in [0, 0.05) is 68.7 Å². The molecular weight excluding hydrogens is 518 g/mol. The summed E-state index contributed by atoms with van der Waals surface area (Å²) < 4.78 is 11.7. The van der Waals surface area contributed by atoms with Crippen LogP contribution in [0.4, 0.5) is 17.2 Å². The molecule has 1 aromatic heterocycles. The van der Waals surface area contributed by atoms with Gasteiger partial charge in [-0.2, -0.15) is 4.98 Å². The number of benzene rings is 2. The molecule has 41 heavy (non-hydrogen) atoms. The van der Waals surface area contributed by atoms with Crippen molar-refractivity contribution in [2.75, 3.05) is 69.7 Å². The Bertz CT molecular complexity index is 1320. The van der Waals surface area contributed by atoms with Crippen LogP contribution in [0.3, 0.4) is 0 Å². The van der Waals surface area contributed by atoms with Crippen LogP contribution in [0.5, 0.6) is 5.88 Å². The molecule has 3 saturated heterocycles. The molecule has 1 amide bonds. The Hall–Kier alpha value is -3.73. The normalized spacial score (nSPS) is 20.7. The van der Waals surface area contributed by atoms with E-state index in [4.69, 9.17) is 20.2 Å². The third kappa shape index (κ3) is 6.45. The number of hydrogen-bond donors (Lipinski definition) is 2. The number of carbonyl (C=O) groups excluding carboxylic acids is 1. The van der Waals surface area contributed by atoms with Crippen LogP contribution < -0.4 is 20.7 Å². The topological polar surface area (TPSA) is 109 Å². The summed E-state index contributed by atoms with van der Waals surface area (Å²) in [5.74, 6) is -0.0429. The fourth-order valence-corrected chi connectivity index (χ4v) is 5.88. The van der Waals surface area contributed by atoms with Gasteiger partial charge in [-0.25, -0.2) is 4.98 Å². The number of nitrogens with one attached hydrogen (secondary N) is 1. The number of carbonyl (C=O) groups is 1. The molecule has 3 aliphatic heterocycles. The molecule has 3 aromatic rings. The number of rotatable bonds is 8. The van der Waals surface area contributed by atoms with E-state index in [-0.39, 0.29) is 17.6 Å². The van der Waals surface area contributed by atoms with E-state index in [1.165, 1.54) is 31.6 Å². The summed E-state index contributed by atoms with van der Waals surface area (Å²) in [7, 11) is 2.21. The molecule has 2 aromatic carbocycles. The predicted octanol–water partition coefficient (Wildman–Crippen LogP) is 3.37. The van der Waals surface area contributed by atoms with Crippen molar-refractivity contribution in [2.45, 2.75) is 31.4 Å². The number of hydrogen-bond acceptors (Lipinski definition) is 9. The van der Waals surface area contributed by atoms with Crippen molar-refractivity contribution in [3.63, 3.8) is 0 Å². The summed E-state index contributed by atoms with van der Waals surface area (Å²) >= 11 is 0. The Morgan fingerprint density at radius 3 is 2.34 bits per heavy atom. The number of piperazine rings is 1. The smallest absolute Gasteiger partial charge is 0.271 e. The van der Waals surface area contributed by atoms with Gasteiger partial charge in [0.1, 0.15) is 11.8 Å². The standard InChI is InChI=1S/C31H39N7O3/c1-36-16-18-38(19-17-36)25-11-14-37(15-12-25)24-9-7-23(8-10-24)33-30-28(29(32)39)34-27(22-5-3-2-4-6-22)31(35-30)41-26-13-20-40-21-26/h2-10,25-26H,11-21H2,1H3,(H2,32,39)(H,33,35)/t26-/m1/s1. The lowest BCUT2D eigenvalue weighted by Gasteiger charge is -2.42. The van der Waals surface area contributed by atoms with Gasteiger partial charge in [0.2, 0.25) is 5.88 Å². The lowest BCUT2D eigenvalue weighted by molar-refractivity contribution is 0.0982. The zero-order valence-corrected chi connectivity index (χ0v) is 23.7. The number of piperidine rings is 1. The molecule has 3 fully saturated rings. The van der Waals surface area contributed by atoms with Gasteiger partial charge in [0.25, 0.3) is 5.91 Å². The van der Waals surface area contributed by atoms with Crippen LogP contribution >= 0.6 is 0 Å².